The molecule has 1 aromatic heterocycles. The molecule has 2 N–H and O–H groups in total. The SMILES string of the molecule is O=C(/C=C/c1sc2ccccc2c1Cl)NNC(=O)COc1ccc(F)cc1. The lowest BCUT2D eigenvalue weighted by molar-refractivity contribution is -0.128. The van der Waals surface area contributed by atoms with E-state index >= 15 is 0 Å². The van der Waals surface area contributed by atoms with Gasteiger partial charge >= 0.3 is 0 Å². The van der Waals surface area contributed by atoms with Gasteiger partial charge in [-0.3, -0.25) is 20.4 Å². The van der Waals surface area contributed by atoms with Crippen molar-refractivity contribution in [3.05, 3.63) is 70.3 Å². The number of ether oxygens (including phenoxy) is 1. The number of nitrogens with one attached hydrogen (secondary N) is 2. The number of hydrazine groups is 1. The van der Waals surface area contributed by atoms with Crippen LogP contribution in [-0.4, -0.2) is 18.4 Å². The Morgan fingerprint density at radius 3 is 2.59 bits per heavy atom. The fraction of sp³-hybridized carbons (Fsp3) is 0.0526. The van der Waals surface area contributed by atoms with Gasteiger partial charge in [-0.1, -0.05) is 29.8 Å². The number of amides is 2. The lowest BCUT2D eigenvalue weighted by Gasteiger charge is -2.07. The van der Waals surface area contributed by atoms with Crippen LogP contribution in [0.15, 0.2) is 54.6 Å². The topological polar surface area (TPSA) is 67.4 Å². The summed E-state index contributed by atoms with van der Waals surface area (Å²) in [5, 5.41) is 1.51. The summed E-state index contributed by atoms with van der Waals surface area (Å²) >= 11 is 7.76. The Morgan fingerprint density at radius 2 is 1.85 bits per heavy atom. The van der Waals surface area contributed by atoms with Crippen molar-refractivity contribution < 1.29 is 18.7 Å². The molecule has 0 bridgehead atoms. The molecule has 3 rings (SSSR count). The van der Waals surface area contributed by atoms with Crippen LogP contribution in [-0.2, 0) is 9.59 Å². The van der Waals surface area contributed by atoms with Crippen LogP contribution >= 0.6 is 22.9 Å². The molecule has 0 saturated heterocycles. The number of rotatable bonds is 5. The molecule has 0 fully saturated rings. The van der Waals surface area contributed by atoms with Crippen molar-refractivity contribution in [2.24, 2.45) is 0 Å². The van der Waals surface area contributed by atoms with E-state index in [0.717, 1.165) is 15.0 Å². The van der Waals surface area contributed by atoms with Crippen molar-refractivity contribution in [2.45, 2.75) is 0 Å². The molecule has 0 radical (unpaired) electrons. The predicted molar refractivity (Wildman–Crippen MR) is 104 cm³/mol. The number of halogens is 2. The fourth-order valence-electron chi connectivity index (χ4n) is 2.18. The molecule has 138 valence electrons. The Labute approximate surface area is 163 Å². The van der Waals surface area contributed by atoms with Gasteiger partial charge in [-0.2, -0.15) is 0 Å². The quantitative estimate of drug-likeness (QED) is 0.500. The highest BCUT2D eigenvalue weighted by Gasteiger charge is 2.08. The van der Waals surface area contributed by atoms with E-state index in [1.807, 2.05) is 24.3 Å². The van der Waals surface area contributed by atoms with Crippen LogP contribution in [0.1, 0.15) is 4.88 Å². The minimum Gasteiger partial charge on any atom is -0.484 e. The zero-order chi connectivity index (χ0) is 19.2. The van der Waals surface area contributed by atoms with Gasteiger partial charge in [-0.15, -0.1) is 11.3 Å². The van der Waals surface area contributed by atoms with Gasteiger partial charge in [0, 0.05) is 21.0 Å². The number of carbonyl (C=O) groups is 2. The summed E-state index contributed by atoms with van der Waals surface area (Å²) in [7, 11) is 0. The molecule has 0 aliphatic heterocycles. The van der Waals surface area contributed by atoms with Crippen LogP contribution in [0, 0.1) is 5.82 Å². The van der Waals surface area contributed by atoms with Gasteiger partial charge in [0.2, 0.25) is 0 Å². The summed E-state index contributed by atoms with van der Waals surface area (Å²) in [4.78, 5) is 24.2. The molecule has 5 nitrogen and oxygen atoms in total. The second kappa shape index (κ2) is 8.66. The summed E-state index contributed by atoms with van der Waals surface area (Å²) in [6, 6.07) is 12.9. The molecule has 0 aliphatic carbocycles. The van der Waals surface area contributed by atoms with Gasteiger partial charge in [0.15, 0.2) is 6.61 Å². The van der Waals surface area contributed by atoms with Gasteiger partial charge in [-0.05, 0) is 36.4 Å². The maximum Gasteiger partial charge on any atom is 0.276 e. The minimum atomic E-state index is -0.555. The molecule has 0 aliphatic rings. The van der Waals surface area contributed by atoms with Crippen LogP contribution in [0.2, 0.25) is 5.02 Å². The number of benzene rings is 2. The predicted octanol–water partition coefficient (Wildman–Crippen LogP) is 3.93. The minimum absolute atomic E-state index is 0.322. The number of hydrogen-bond acceptors (Lipinski definition) is 4. The summed E-state index contributed by atoms with van der Waals surface area (Å²) in [5.41, 5.74) is 4.47. The van der Waals surface area contributed by atoms with Crippen molar-refractivity contribution in [1.29, 1.82) is 0 Å². The first kappa shape index (κ1) is 18.9. The molecular weight excluding hydrogens is 391 g/mol. The van der Waals surface area contributed by atoms with E-state index in [1.54, 1.807) is 6.08 Å². The second-order valence-electron chi connectivity index (χ2n) is 5.39. The average Bonchev–Trinajstić information content (AvgIpc) is 3.00. The molecule has 2 amide bonds. The summed E-state index contributed by atoms with van der Waals surface area (Å²) in [6.45, 7) is -0.322. The zero-order valence-corrected chi connectivity index (χ0v) is 15.4. The third kappa shape index (κ3) is 5.06. The Kier molecular flexibility index (Phi) is 6.05. The molecule has 0 spiro atoms. The van der Waals surface area contributed by atoms with Crippen molar-refractivity contribution in [2.75, 3.05) is 6.61 Å². The first-order chi connectivity index (χ1) is 13.0. The van der Waals surface area contributed by atoms with E-state index < -0.39 is 17.6 Å². The van der Waals surface area contributed by atoms with Gasteiger partial charge < -0.3 is 4.74 Å². The number of hydrogen-bond donors (Lipinski definition) is 2. The van der Waals surface area contributed by atoms with E-state index in [1.165, 1.54) is 41.7 Å². The molecule has 2 aromatic carbocycles. The maximum atomic E-state index is 12.8. The van der Waals surface area contributed by atoms with Crippen LogP contribution in [0.3, 0.4) is 0 Å². The number of fused-ring (bicyclic) bond motifs is 1. The molecule has 0 unspecified atom stereocenters. The van der Waals surface area contributed by atoms with E-state index in [4.69, 9.17) is 16.3 Å². The summed E-state index contributed by atoms with van der Waals surface area (Å²) < 4.78 is 19.0. The van der Waals surface area contributed by atoms with Gasteiger partial charge in [-0.25, -0.2) is 4.39 Å². The Morgan fingerprint density at radius 1 is 1.11 bits per heavy atom. The Balaban J connectivity index is 1.48. The van der Waals surface area contributed by atoms with E-state index in [0.29, 0.717) is 10.8 Å². The standard InChI is InChI=1S/C19H14ClFN2O3S/c20-19-14-3-1-2-4-15(14)27-16(19)9-10-17(24)22-23-18(25)11-26-13-7-5-12(21)6-8-13/h1-10H,11H2,(H,22,24)(H,23,25)/b10-9+. The Hall–Kier alpha value is -2.90. The number of thiophene rings is 1. The lowest BCUT2D eigenvalue weighted by atomic mass is 10.2. The van der Waals surface area contributed by atoms with Crippen molar-refractivity contribution in [1.82, 2.24) is 10.9 Å². The third-order valence-corrected chi connectivity index (χ3v) is 5.11. The van der Waals surface area contributed by atoms with Gasteiger partial charge in [0.25, 0.3) is 11.8 Å². The monoisotopic (exact) mass is 404 g/mol. The largest absolute Gasteiger partial charge is 0.484 e. The van der Waals surface area contributed by atoms with Gasteiger partial charge in [0.1, 0.15) is 11.6 Å². The zero-order valence-electron chi connectivity index (χ0n) is 13.9. The molecule has 27 heavy (non-hydrogen) atoms. The van der Waals surface area contributed by atoms with Crippen LogP contribution in [0.25, 0.3) is 16.2 Å². The summed E-state index contributed by atoms with van der Waals surface area (Å²) in [5.74, 6) is -1.12. The lowest BCUT2D eigenvalue weighted by Crippen LogP contribution is -2.43. The van der Waals surface area contributed by atoms with E-state index in [-0.39, 0.29) is 6.61 Å². The third-order valence-electron chi connectivity index (χ3n) is 3.45. The normalized spacial score (nSPS) is 10.9. The first-order valence-corrected chi connectivity index (χ1v) is 9.04. The van der Waals surface area contributed by atoms with Crippen molar-refractivity contribution >= 4 is 50.9 Å². The Bertz CT molecular complexity index is 1000. The summed E-state index contributed by atoms with van der Waals surface area (Å²) in [6.07, 6.45) is 2.86. The van der Waals surface area contributed by atoms with Crippen LogP contribution < -0.4 is 15.6 Å². The molecular formula is C19H14ClFN2O3S. The van der Waals surface area contributed by atoms with Gasteiger partial charge in [0.05, 0.1) is 5.02 Å². The van der Waals surface area contributed by atoms with E-state index in [9.17, 15) is 14.0 Å². The molecule has 0 atom stereocenters. The first-order valence-electron chi connectivity index (χ1n) is 7.85. The molecule has 3 aromatic rings. The van der Waals surface area contributed by atoms with Crippen LogP contribution in [0.4, 0.5) is 4.39 Å². The maximum absolute atomic E-state index is 12.8. The number of carbonyl (C=O) groups excluding carboxylic acids is 2. The highest BCUT2D eigenvalue weighted by atomic mass is 35.5. The highest BCUT2D eigenvalue weighted by Crippen LogP contribution is 2.35. The fourth-order valence-corrected chi connectivity index (χ4v) is 3.58. The van der Waals surface area contributed by atoms with Crippen molar-refractivity contribution in [3.8, 4) is 5.75 Å². The second-order valence-corrected chi connectivity index (χ2v) is 6.85. The van der Waals surface area contributed by atoms with Crippen LogP contribution in [0.5, 0.6) is 5.75 Å². The smallest absolute Gasteiger partial charge is 0.276 e. The molecule has 1 heterocycles. The van der Waals surface area contributed by atoms with E-state index in [2.05, 4.69) is 10.9 Å². The molecule has 0 saturated carbocycles. The molecule has 8 heteroatoms. The van der Waals surface area contributed by atoms with Crippen molar-refractivity contribution in [3.63, 3.8) is 0 Å². The highest BCUT2D eigenvalue weighted by molar-refractivity contribution is 7.20. The average molecular weight is 405 g/mol.